The van der Waals surface area contributed by atoms with Gasteiger partial charge in [0.1, 0.15) is 0 Å². The predicted molar refractivity (Wildman–Crippen MR) is 77.8 cm³/mol. The third-order valence-corrected chi connectivity index (χ3v) is 4.06. The second kappa shape index (κ2) is 5.05. The number of benzene rings is 1. The van der Waals surface area contributed by atoms with Gasteiger partial charge in [0.15, 0.2) is 0 Å². The molecule has 19 heavy (non-hydrogen) atoms. The molecule has 5 heteroatoms. The van der Waals surface area contributed by atoms with Crippen LogP contribution in [0, 0.1) is 6.92 Å². The van der Waals surface area contributed by atoms with Crippen LogP contribution in [0.3, 0.4) is 0 Å². The van der Waals surface area contributed by atoms with Gasteiger partial charge in [-0.25, -0.2) is 10.4 Å². The number of hydrazine groups is 1. The minimum atomic E-state index is -0.0564. The van der Waals surface area contributed by atoms with Gasteiger partial charge >= 0.3 is 0 Å². The van der Waals surface area contributed by atoms with Crippen molar-refractivity contribution in [2.24, 2.45) is 5.84 Å². The van der Waals surface area contributed by atoms with Crippen LogP contribution < -0.4 is 11.3 Å². The molecule has 0 aliphatic carbocycles. The molecule has 0 radical (unpaired) electrons. The van der Waals surface area contributed by atoms with Crippen molar-refractivity contribution in [1.29, 1.82) is 0 Å². The maximum atomic E-state index is 5.75. The Kier molecular flexibility index (Phi) is 3.25. The van der Waals surface area contributed by atoms with Gasteiger partial charge in [-0.15, -0.1) is 11.3 Å². The molecule has 3 aromatic rings. The second-order valence-electron chi connectivity index (χ2n) is 4.30. The lowest BCUT2D eigenvalue weighted by Crippen LogP contribution is -2.28. The van der Waals surface area contributed by atoms with Crippen molar-refractivity contribution in [3.05, 3.63) is 58.2 Å². The molecule has 2 heterocycles. The summed E-state index contributed by atoms with van der Waals surface area (Å²) in [6, 6.07) is 10.0. The summed E-state index contributed by atoms with van der Waals surface area (Å²) in [7, 11) is 0. The first-order valence-corrected chi connectivity index (χ1v) is 6.83. The molecular formula is C14H14N4S. The summed E-state index contributed by atoms with van der Waals surface area (Å²) < 4.78 is 0. The summed E-state index contributed by atoms with van der Waals surface area (Å²) in [5.41, 5.74) is 4.98. The van der Waals surface area contributed by atoms with Gasteiger partial charge in [0, 0.05) is 22.7 Å². The number of fused-ring (bicyclic) bond motifs is 1. The number of hydrogen-bond donors (Lipinski definition) is 2. The predicted octanol–water partition coefficient (Wildman–Crippen LogP) is 2.55. The lowest BCUT2D eigenvalue weighted by molar-refractivity contribution is 0.649. The van der Waals surface area contributed by atoms with E-state index in [2.05, 4.69) is 27.5 Å². The number of nitrogens with one attached hydrogen (secondary N) is 1. The van der Waals surface area contributed by atoms with Crippen molar-refractivity contribution < 1.29 is 0 Å². The van der Waals surface area contributed by atoms with Gasteiger partial charge in [-0.2, -0.15) is 0 Å². The van der Waals surface area contributed by atoms with E-state index in [0.717, 1.165) is 26.4 Å². The number of aromatic nitrogens is 2. The Hall–Kier alpha value is -1.82. The zero-order valence-electron chi connectivity index (χ0n) is 10.5. The highest BCUT2D eigenvalue weighted by Crippen LogP contribution is 2.30. The van der Waals surface area contributed by atoms with E-state index in [-0.39, 0.29) is 6.04 Å². The van der Waals surface area contributed by atoms with Gasteiger partial charge in [-0.3, -0.25) is 10.8 Å². The largest absolute Gasteiger partial charge is 0.271 e. The standard InChI is InChI=1S/C14H14N4S/c1-9-17-8-13(19-9)14(18-15)11-4-2-6-12-10(11)5-3-7-16-12/h2-8,14,18H,15H2,1H3. The molecule has 3 N–H and O–H groups in total. The average molecular weight is 270 g/mol. The quantitative estimate of drug-likeness (QED) is 0.567. The summed E-state index contributed by atoms with van der Waals surface area (Å²) in [6.07, 6.45) is 3.67. The molecule has 4 nitrogen and oxygen atoms in total. The van der Waals surface area contributed by atoms with E-state index in [1.54, 1.807) is 17.5 Å². The normalized spacial score (nSPS) is 12.7. The lowest BCUT2D eigenvalue weighted by atomic mass is 10.0. The van der Waals surface area contributed by atoms with Gasteiger partial charge in [-0.1, -0.05) is 18.2 Å². The molecule has 0 saturated carbocycles. The second-order valence-corrected chi connectivity index (χ2v) is 5.57. The molecule has 0 spiro atoms. The summed E-state index contributed by atoms with van der Waals surface area (Å²) >= 11 is 1.65. The smallest absolute Gasteiger partial charge is 0.0897 e. The number of thiazole rings is 1. The number of rotatable bonds is 3. The van der Waals surface area contributed by atoms with E-state index >= 15 is 0 Å². The summed E-state index contributed by atoms with van der Waals surface area (Å²) in [5, 5.41) is 2.15. The zero-order valence-corrected chi connectivity index (χ0v) is 11.3. The first kappa shape index (κ1) is 12.2. The van der Waals surface area contributed by atoms with Gasteiger partial charge in [0.2, 0.25) is 0 Å². The highest BCUT2D eigenvalue weighted by atomic mass is 32.1. The van der Waals surface area contributed by atoms with Crippen LogP contribution in [-0.4, -0.2) is 9.97 Å². The number of nitrogens with two attached hydrogens (primary N) is 1. The third kappa shape index (κ3) is 2.23. The van der Waals surface area contributed by atoms with Crippen LogP contribution in [0.15, 0.2) is 42.7 Å². The number of hydrogen-bond acceptors (Lipinski definition) is 5. The first-order chi connectivity index (χ1) is 9.29. The highest BCUT2D eigenvalue weighted by molar-refractivity contribution is 7.11. The van der Waals surface area contributed by atoms with E-state index in [1.165, 1.54) is 0 Å². The van der Waals surface area contributed by atoms with Gasteiger partial charge in [-0.05, 0) is 24.6 Å². The Morgan fingerprint density at radius 3 is 2.84 bits per heavy atom. The molecule has 0 fully saturated rings. The van der Waals surface area contributed by atoms with E-state index in [9.17, 15) is 0 Å². The van der Waals surface area contributed by atoms with Crippen LogP contribution in [0.2, 0.25) is 0 Å². The third-order valence-electron chi connectivity index (χ3n) is 3.08. The summed E-state index contributed by atoms with van der Waals surface area (Å²) in [6.45, 7) is 1.99. The molecule has 96 valence electrons. The molecule has 3 rings (SSSR count). The number of nitrogens with zero attached hydrogens (tertiary/aromatic N) is 2. The molecule has 1 atom stereocenters. The van der Waals surface area contributed by atoms with Crippen molar-refractivity contribution in [1.82, 2.24) is 15.4 Å². The molecule has 0 bridgehead atoms. The maximum Gasteiger partial charge on any atom is 0.0897 e. The maximum absolute atomic E-state index is 5.75. The fraction of sp³-hybridized carbons (Fsp3) is 0.143. The van der Waals surface area contributed by atoms with Crippen molar-refractivity contribution in [2.75, 3.05) is 0 Å². The van der Waals surface area contributed by atoms with Crippen LogP contribution in [-0.2, 0) is 0 Å². The minimum absolute atomic E-state index is 0.0564. The highest BCUT2D eigenvalue weighted by Gasteiger charge is 2.17. The van der Waals surface area contributed by atoms with Crippen molar-refractivity contribution in [3.63, 3.8) is 0 Å². The zero-order chi connectivity index (χ0) is 13.2. The topological polar surface area (TPSA) is 63.8 Å². The Morgan fingerprint density at radius 1 is 1.21 bits per heavy atom. The van der Waals surface area contributed by atoms with Crippen LogP contribution in [0.1, 0.15) is 21.5 Å². The molecule has 1 aromatic carbocycles. The first-order valence-electron chi connectivity index (χ1n) is 6.01. The molecule has 0 aliphatic rings. The Morgan fingerprint density at radius 2 is 2.11 bits per heavy atom. The SMILES string of the molecule is Cc1ncc(C(NN)c2cccc3ncccc23)s1. The van der Waals surface area contributed by atoms with Crippen molar-refractivity contribution in [3.8, 4) is 0 Å². The lowest BCUT2D eigenvalue weighted by Gasteiger charge is -2.16. The monoisotopic (exact) mass is 270 g/mol. The van der Waals surface area contributed by atoms with E-state index in [0.29, 0.717) is 0 Å². The molecular weight excluding hydrogens is 256 g/mol. The van der Waals surface area contributed by atoms with Crippen molar-refractivity contribution >= 4 is 22.2 Å². The number of pyridine rings is 1. The van der Waals surface area contributed by atoms with Crippen LogP contribution in [0.25, 0.3) is 10.9 Å². The molecule has 2 aromatic heterocycles. The summed E-state index contributed by atoms with van der Waals surface area (Å²) in [4.78, 5) is 9.78. The average Bonchev–Trinajstić information content (AvgIpc) is 2.86. The van der Waals surface area contributed by atoms with Gasteiger partial charge in [0.05, 0.1) is 16.6 Å². The molecule has 0 amide bonds. The fourth-order valence-electron chi connectivity index (χ4n) is 2.22. The number of aryl methyl sites for hydroxylation is 1. The Labute approximate surface area is 115 Å². The Bertz CT molecular complexity index is 702. The van der Waals surface area contributed by atoms with Crippen LogP contribution >= 0.6 is 11.3 Å². The Balaban J connectivity index is 2.16. The summed E-state index contributed by atoms with van der Waals surface area (Å²) in [5.74, 6) is 5.75. The van der Waals surface area contributed by atoms with Crippen molar-refractivity contribution in [2.45, 2.75) is 13.0 Å². The van der Waals surface area contributed by atoms with E-state index in [4.69, 9.17) is 5.84 Å². The van der Waals surface area contributed by atoms with E-state index in [1.807, 2.05) is 31.3 Å². The molecule has 0 saturated heterocycles. The van der Waals surface area contributed by atoms with Gasteiger partial charge in [0.25, 0.3) is 0 Å². The van der Waals surface area contributed by atoms with Crippen LogP contribution in [0.4, 0.5) is 0 Å². The van der Waals surface area contributed by atoms with Crippen LogP contribution in [0.5, 0.6) is 0 Å². The molecule has 0 aliphatic heterocycles. The minimum Gasteiger partial charge on any atom is -0.271 e. The fourth-order valence-corrected chi connectivity index (χ4v) is 3.08. The van der Waals surface area contributed by atoms with Gasteiger partial charge < -0.3 is 0 Å². The molecule has 1 unspecified atom stereocenters. The van der Waals surface area contributed by atoms with E-state index < -0.39 is 0 Å².